The summed E-state index contributed by atoms with van der Waals surface area (Å²) in [5, 5.41) is 0.864. The van der Waals surface area contributed by atoms with Crippen molar-refractivity contribution < 1.29 is 13.2 Å². The van der Waals surface area contributed by atoms with E-state index in [0.717, 1.165) is 16.2 Å². The monoisotopic (exact) mass is 336 g/mol. The molecule has 116 valence electrons. The van der Waals surface area contributed by atoms with Crippen LogP contribution >= 0.6 is 11.8 Å². The molecule has 3 rings (SSSR count). The first-order valence-corrected chi connectivity index (χ1v) is 9.43. The zero-order valence-electron chi connectivity index (χ0n) is 12.3. The molecule has 1 aliphatic heterocycles. The molecule has 0 aliphatic carbocycles. The van der Waals surface area contributed by atoms with Crippen LogP contribution in [0.4, 0.5) is 0 Å². The van der Waals surface area contributed by atoms with Gasteiger partial charge in [0, 0.05) is 25.4 Å². The van der Waals surface area contributed by atoms with Gasteiger partial charge in [-0.2, -0.15) is 4.31 Å². The van der Waals surface area contributed by atoms with E-state index in [0.29, 0.717) is 18.9 Å². The maximum absolute atomic E-state index is 12.6. The maximum Gasteiger partial charge on any atom is 0.246 e. The van der Waals surface area contributed by atoms with Gasteiger partial charge < -0.3 is 4.74 Å². The first-order valence-electron chi connectivity index (χ1n) is 6.76. The smallest absolute Gasteiger partial charge is 0.246 e. The standard InChI is InChI=1S/C15H16N2O3S2/c1-17-8-9-20-13-6-5-11(10-14(13)22(17,18)19)12-4-3-7-16-15(12)21-2/h3-7,10H,8-9H2,1-2H3. The molecule has 0 N–H and O–H groups in total. The Kier molecular flexibility index (Phi) is 4.12. The molecule has 7 heteroatoms. The van der Waals surface area contributed by atoms with Gasteiger partial charge in [0.1, 0.15) is 22.3 Å². The number of hydrogen-bond acceptors (Lipinski definition) is 5. The number of thioether (sulfide) groups is 1. The van der Waals surface area contributed by atoms with Gasteiger partial charge in [0.25, 0.3) is 0 Å². The van der Waals surface area contributed by atoms with Gasteiger partial charge in [-0.05, 0) is 30.0 Å². The molecule has 0 bridgehead atoms. The molecular weight excluding hydrogens is 320 g/mol. The first-order chi connectivity index (χ1) is 10.5. The molecule has 2 aromatic rings. The van der Waals surface area contributed by atoms with E-state index in [4.69, 9.17) is 4.74 Å². The van der Waals surface area contributed by atoms with Crippen molar-refractivity contribution >= 4 is 21.8 Å². The molecule has 1 aliphatic rings. The lowest BCUT2D eigenvalue weighted by Crippen LogP contribution is -2.28. The summed E-state index contributed by atoms with van der Waals surface area (Å²) in [6.45, 7) is 0.695. The highest BCUT2D eigenvalue weighted by Crippen LogP contribution is 2.35. The molecule has 0 saturated heterocycles. The van der Waals surface area contributed by atoms with Crippen LogP contribution in [-0.2, 0) is 10.0 Å². The average molecular weight is 336 g/mol. The first kappa shape index (κ1) is 15.3. The lowest BCUT2D eigenvalue weighted by molar-refractivity contribution is 0.293. The summed E-state index contributed by atoms with van der Waals surface area (Å²) in [4.78, 5) is 4.54. The third-order valence-electron chi connectivity index (χ3n) is 3.57. The number of pyridine rings is 1. The predicted octanol–water partition coefficient (Wildman–Crippen LogP) is 2.48. The van der Waals surface area contributed by atoms with E-state index in [9.17, 15) is 8.42 Å². The van der Waals surface area contributed by atoms with E-state index in [2.05, 4.69) is 4.98 Å². The minimum atomic E-state index is -3.53. The molecule has 0 amide bonds. The molecule has 0 fully saturated rings. The highest BCUT2D eigenvalue weighted by molar-refractivity contribution is 7.98. The van der Waals surface area contributed by atoms with Crippen LogP contribution in [0.15, 0.2) is 46.5 Å². The Morgan fingerprint density at radius 1 is 1.32 bits per heavy atom. The van der Waals surface area contributed by atoms with Crippen LogP contribution in [0.25, 0.3) is 11.1 Å². The Morgan fingerprint density at radius 2 is 2.14 bits per heavy atom. The fourth-order valence-electron chi connectivity index (χ4n) is 2.34. The van der Waals surface area contributed by atoms with Crippen LogP contribution in [0.3, 0.4) is 0 Å². The fourth-order valence-corrected chi connectivity index (χ4v) is 4.22. The number of nitrogens with zero attached hydrogens (tertiary/aromatic N) is 2. The number of hydrogen-bond donors (Lipinski definition) is 0. The number of benzene rings is 1. The molecule has 1 aromatic carbocycles. The summed E-state index contributed by atoms with van der Waals surface area (Å²) < 4.78 is 32.1. The molecule has 0 atom stereocenters. The van der Waals surface area contributed by atoms with Crippen molar-refractivity contribution in [2.75, 3.05) is 26.5 Å². The largest absolute Gasteiger partial charge is 0.491 e. The molecular formula is C15H16N2O3S2. The quantitative estimate of drug-likeness (QED) is 0.789. The van der Waals surface area contributed by atoms with Crippen LogP contribution < -0.4 is 4.74 Å². The van der Waals surface area contributed by atoms with Gasteiger partial charge in [0.05, 0.1) is 0 Å². The van der Waals surface area contributed by atoms with Crippen molar-refractivity contribution in [1.82, 2.24) is 9.29 Å². The second-order valence-electron chi connectivity index (χ2n) is 4.90. The summed E-state index contributed by atoms with van der Waals surface area (Å²) in [5.41, 5.74) is 1.73. The summed E-state index contributed by atoms with van der Waals surface area (Å²) in [5.74, 6) is 0.405. The molecule has 0 radical (unpaired) electrons. The maximum atomic E-state index is 12.6. The highest BCUT2D eigenvalue weighted by atomic mass is 32.2. The lowest BCUT2D eigenvalue weighted by atomic mass is 10.1. The van der Waals surface area contributed by atoms with Crippen LogP contribution in [0, 0.1) is 0 Å². The van der Waals surface area contributed by atoms with Crippen molar-refractivity contribution in [3.05, 3.63) is 36.5 Å². The van der Waals surface area contributed by atoms with E-state index in [1.54, 1.807) is 25.4 Å². The predicted molar refractivity (Wildman–Crippen MR) is 86.8 cm³/mol. The number of sulfonamides is 1. The SMILES string of the molecule is CSc1ncccc1-c1ccc2c(c1)S(=O)(=O)N(C)CCO2. The zero-order chi connectivity index (χ0) is 15.7. The summed E-state index contributed by atoms with van der Waals surface area (Å²) in [6.07, 6.45) is 3.68. The summed E-state index contributed by atoms with van der Waals surface area (Å²) in [6, 6.07) is 9.05. The van der Waals surface area contributed by atoms with E-state index in [-0.39, 0.29) is 4.90 Å². The third-order valence-corrected chi connectivity index (χ3v) is 6.16. The van der Waals surface area contributed by atoms with E-state index in [1.165, 1.54) is 16.1 Å². The molecule has 22 heavy (non-hydrogen) atoms. The minimum Gasteiger partial charge on any atom is -0.491 e. The minimum absolute atomic E-state index is 0.209. The Bertz CT molecular complexity index is 806. The highest BCUT2D eigenvalue weighted by Gasteiger charge is 2.28. The van der Waals surface area contributed by atoms with Gasteiger partial charge in [-0.25, -0.2) is 13.4 Å². The van der Waals surface area contributed by atoms with Crippen LogP contribution in [0.1, 0.15) is 0 Å². The van der Waals surface area contributed by atoms with Gasteiger partial charge >= 0.3 is 0 Å². The number of rotatable bonds is 2. The van der Waals surface area contributed by atoms with E-state index >= 15 is 0 Å². The normalized spacial score (nSPS) is 17.4. The van der Waals surface area contributed by atoms with Gasteiger partial charge in [-0.15, -0.1) is 11.8 Å². The molecule has 5 nitrogen and oxygen atoms in total. The second-order valence-corrected chi connectivity index (χ2v) is 7.71. The zero-order valence-corrected chi connectivity index (χ0v) is 13.9. The molecule has 0 saturated carbocycles. The molecule has 0 unspecified atom stereocenters. The van der Waals surface area contributed by atoms with E-state index < -0.39 is 10.0 Å². The van der Waals surface area contributed by atoms with Crippen molar-refractivity contribution in [2.45, 2.75) is 9.92 Å². The van der Waals surface area contributed by atoms with Crippen molar-refractivity contribution in [1.29, 1.82) is 0 Å². The van der Waals surface area contributed by atoms with Crippen molar-refractivity contribution in [3.8, 4) is 16.9 Å². The Hall–Kier alpha value is -1.57. The van der Waals surface area contributed by atoms with Gasteiger partial charge in [-0.1, -0.05) is 12.1 Å². The lowest BCUT2D eigenvalue weighted by Gasteiger charge is -2.14. The fraction of sp³-hybridized carbons (Fsp3) is 0.267. The summed E-state index contributed by atoms with van der Waals surface area (Å²) in [7, 11) is -1.96. The van der Waals surface area contributed by atoms with Crippen LogP contribution in [0.5, 0.6) is 5.75 Å². The Labute approximate surface area is 134 Å². The topological polar surface area (TPSA) is 59.5 Å². The third kappa shape index (κ3) is 2.60. The van der Waals surface area contributed by atoms with Gasteiger partial charge in [-0.3, -0.25) is 0 Å². The Morgan fingerprint density at radius 3 is 2.91 bits per heavy atom. The number of aromatic nitrogens is 1. The molecule has 1 aromatic heterocycles. The van der Waals surface area contributed by atoms with E-state index in [1.807, 2.05) is 24.5 Å². The number of ether oxygens (including phenoxy) is 1. The summed E-state index contributed by atoms with van der Waals surface area (Å²) >= 11 is 1.53. The molecule has 2 heterocycles. The van der Waals surface area contributed by atoms with Crippen molar-refractivity contribution in [3.63, 3.8) is 0 Å². The molecule has 0 spiro atoms. The average Bonchev–Trinajstić information content (AvgIpc) is 2.64. The Balaban J connectivity index is 2.18. The van der Waals surface area contributed by atoms with Crippen LogP contribution in [0.2, 0.25) is 0 Å². The number of likely N-dealkylation sites (N-methyl/N-ethyl adjacent to an activating group) is 1. The second kappa shape index (κ2) is 5.91. The van der Waals surface area contributed by atoms with Crippen LogP contribution in [-0.4, -0.2) is 44.2 Å². The van der Waals surface area contributed by atoms with Gasteiger partial charge in [0.15, 0.2) is 0 Å². The number of fused-ring (bicyclic) bond motifs is 1. The van der Waals surface area contributed by atoms with Crippen molar-refractivity contribution in [2.24, 2.45) is 0 Å². The van der Waals surface area contributed by atoms with Gasteiger partial charge in [0.2, 0.25) is 10.0 Å².